The molecule has 3 nitrogen and oxygen atoms in total. The van der Waals surface area contributed by atoms with Crippen molar-refractivity contribution < 1.29 is 4.74 Å². The van der Waals surface area contributed by atoms with E-state index < -0.39 is 0 Å². The van der Waals surface area contributed by atoms with E-state index in [2.05, 4.69) is 70.6 Å². The van der Waals surface area contributed by atoms with Gasteiger partial charge in [0.2, 0.25) is 0 Å². The lowest BCUT2D eigenvalue weighted by atomic mass is 9.99. The van der Waals surface area contributed by atoms with Crippen molar-refractivity contribution in [1.29, 1.82) is 0 Å². The Morgan fingerprint density at radius 2 is 0.811 bits per heavy atom. The first-order valence-corrected chi connectivity index (χ1v) is 12.2. The van der Waals surface area contributed by atoms with Crippen LogP contribution >= 0.6 is 0 Å². The Bertz CT molecular complexity index is 1490. The van der Waals surface area contributed by atoms with Crippen molar-refractivity contribution in [2.24, 2.45) is 0 Å². The van der Waals surface area contributed by atoms with Gasteiger partial charge in [0.15, 0.2) is 0 Å². The lowest BCUT2D eigenvalue weighted by molar-refractivity contribution is 0.486. The lowest BCUT2D eigenvalue weighted by Gasteiger charge is -2.17. The second kappa shape index (κ2) is 10.3. The van der Waals surface area contributed by atoms with Crippen LogP contribution in [0.1, 0.15) is 0 Å². The zero-order valence-corrected chi connectivity index (χ0v) is 20.2. The molecule has 3 heteroatoms. The van der Waals surface area contributed by atoms with Crippen molar-refractivity contribution in [2.75, 3.05) is 0 Å². The maximum Gasteiger partial charge on any atom is 0.135 e. The van der Waals surface area contributed by atoms with Crippen LogP contribution in [0.15, 0.2) is 146 Å². The predicted octanol–water partition coefficient (Wildman–Crippen LogP) is 8.94. The van der Waals surface area contributed by atoms with Gasteiger partial charge in [-0.25, -0.2) is 0 Å². The fraction of sp³-hybridized carbons (Fsp3) is 0. The maximum atomic E-state index is 6.82. The Morgan fingerprint density at radius 3 is 1.22 bits per heavy atom. The highest BCUT2D eigenvalue weighted by Gasteiger charge is 2.15. The van der Waals surface area contributed by atoms with Gasteiger partial charge in [-0.3, -0.25) is 9.97 Å². The van der Waals surface area contributed by atoms with Crippen LogP contribution in [-0.4, -0.2) is 9.97 Å². The van der Waals surface area contributed by atoms with E-state index in [9.17, 15) is 0 Å². The van der Waals surface area contributed by atoms with E-state index in [1.54, 1.807) is 0 Å². The summed E-state index contributed by atoms with van der Waals surface area (Å²) in [5.74, 6) is 1.54. The molecule has 0 fully saturated rings. The average molecular weight is 477 g/mol. The Balaban J connectivity index is 1.52. The molecule has 6 rings (SSSR count). The minimum atomic E-state index is 0.768. The maximum absolute atomic E-state index is 6.82. The molecule has 0 bridgehead atoms. The first-order chi connectivity index (χ1) is 18.3. The number of hydrogen-bond donors (Lipinski definition) is 0. The van der Waals surface area contributed by atoms with Crippen LogP contribution in [0.25, 0.3) is 44.8 Å². The van der Waals surface area contributed by atoms with Crippen LogP contribution in [0.3, 0.4) is 0 Å². The fourth-order valence-electron chi connectivity index (χ4n) is 4.43. The molecule has 0 saturated carbocycles. The molecule has 0 aliphatic heterocycles. The number of ether oxygens (including phenoxy) is 1. The van der Waals surface area contributed by atoms with Crippen LogP contribution < -0.4 is 4.74 Å². The molecule has 0 radical (unpaired) electrons. The highest BCUT2D eigenvalue weighted by molar-refractivity contribution is 5.79. The molecule has 0 N–H and O–H groups in total. The third kappa shape index (κ3) is 4.89. The van der Waals surface area contributed by atoms with Crippen molar-refractivity contribution in [3.63, 3.8) is 0 Å². The van der Waals surface area contributed by atoms with E-state index in [-0.39, 0.29) is 0 Å². The SMILES string of the molecule is c1ccc(-c2ccc(-c3ccccn3)cc2Oc2cc(-c3ccccn3)ccc2-c2ccccc2)cc1. The molecular formula is C34H24N2O. The number of aromatic nitrogens is 2. The average Bonchev–Trinajstić information content (AvgIpc) is 2.99. The van der Waals surface area contributed by atoms with Crippen LogP contribution in [0.4, 0.5) is 0 Å². The molecule has 37 heavy (non-hydrogen) atoms. The first kappa shape index (κ1) is 22.4. The van der Waals surface area contributed by atoms with Gasteiger partial charge in [-0.05, 0) is 59.7 Å². The van der Waals surface area contributed by atoms with Gasteiger partial charge >= 0.3 is 0 Å². The molecule has 0 aliphatic carbocycles. The molecule has 0 amide bonds. The van der Waals surface area contributed by atoms with Crippen LogP contribution in [0.2, 0.25) is 0 Å². The summed E-state index contributed by atoms with van der Waals surface area (Å²) >= 11 is 0. The Labute approximate surface area is 216 Å². The van der Waals surface area contributed by atoms with Crippen LogP contribution in [0, 0.1) is 0 Å². The second-order valence-electron chi connectivity index (χ2n) is 8.69. The van der Waals surface area contributed by atoms with Gasteiger partial charge in [0.25, 0.3) is 0 Å². The molecule has 176 valence electrons. The molecule has 2 aromatic heterocycles. The smallest absolute Gasteiger partial charge is 0.135 e. The summed E-state index contributed by atoms with van der Waals surface area (Å²) in [4.78, 5) is 9.11. The monoisotopic (exact) mass is 476 g/mol. The van der Waals surface area contributed by atoms with Gasteiger partial charge in [-0.2, -0.15) is 0 Å². The molecule has 0 unspecified atom stereocenters. The number of hydrogen-bond acceptors (Lipinski definition) is 3. The predicted molar refractivity (Wildman–Crippen MR) is 150 cm³/mol. The van der Waals surface area contributed by atoms with E-state index in [0.717, 1.165) is 56.3 Å². The Kier molecular flexibility index (Phi) is 6.25. The molecule has 4 aromatic carbocycles. The summed E-state index contributed by atoms with van der Waals surface area (Å²) in [5.41, 5.74) is 8.01. The summed E-state index contributed by atoms with van der Waals surface area (Å²) in [6.07, 6.45) is 3.62. The summed E-state index contributed by atoms with van der Waals surface area (Å²) in [5, 5.41) is 0. The highest BCUT2D eigenvalue weighted by Crippen LogP contribution is 2.41. The number of pyridine rings is 2. The quantitative estimate of drug-likeness (QED) is 0.241. The highest BCUT2D eigenvalue weighted by atomic mass is 16.5. The van der Waals surface area contributed by atoms with E-state index in [1.165, 1.54) is 0 Å². The minimum Gasteiger partial charge on any atom is -0.456 e. The topological polar surface area (TPSA) is 35.0 Å². The summed E-state index contributed by atoms with van der Waals surface area (Å²) in [7, 11) is 0. The Hall–Kier alpha value is -5.02. The number of rotatable bonds is 6. The van der Waals surface area contributed by atoms with Crippen LogP contribution in [-0.2, 0) is 0 Å². The molecule has 2 heterocycles. The summed E-state index contributed by atoms with van der Waals surface area (Å²) in [6, 6.07) is 45.1. The standard InChI is InChI=1S/C34H24N2O/c1-3-11-25(12-4-1)29-19-17-27(31-15-7-9-21-35-31)23-33(29)37-34-24-28(32-16-8-10-22-36-32)18-20-30(34)26-13-5-2-6-14-26/h1-24H. The summed E-state index contributed by atoms with van der Waals surface area (Å²) in [6.45, 7) is 0. The van der Waals surface area contributed by atoms with Crippen LogP contribution in [0.5, 0.6) is 11.5 Å². The van der Waals surface area contributed by atoms with E-state index in [1.807, 2.05) is 85.2 Å². The molecule has 0 aliphatic rings. The van der Waals surface area contributed by atoms with E-state index in [4.69, 9.17) is 4.74 Å². The third-order valence-electron chi connectivity index (χ3n) is 6.27. The number of nitrogens with zero attached hydrogens (tertiary/aromatic N) is 2. The van der Waals surface area contributed by atoms with Crippen molar-refractivity contribution in [3.05, 3.63) is 146 Å². The van der Waals surface area contributed by atoms with Gasteiger partial charge in [0.05, 0.1) is 11.4 Å². The normalized spacial score (nSPS) is 10.7. The molecule has 0 spiro atoms. The Morgan fingerprint density at radius 1 is 0.378 bits per heavy atom. The zero-order valence-electron chi connectivity index (χ0n) is 20.2. The van der Waals surface area contributed by atoms with Gasteiger partial charge in [0.1, 0.15) is 11.5 Å². The van der Waals surface area contributed by atoms with E-state index in [0.29, 0.717) is 0 Å². The first-order valence-electron chi connectivity index (χ1n) is 12.2. The van der Waals surface area contributed by atoms with E-state index >= 15 is 0 Å². The second-order valence-corrected chi connectivity index (χ2v) is 8.69. The zero-order chi connectivity index (χ0) is 24.9. The molecule has 6 aromatic rings. The largest absolute Gasteiger partial charge is 0.456 e. The fourth-order valence-corrected chi connectivity index (χ4v) is 4.43. The van der Waals surface area contributed by atoms with Crippen molar-refractivity contribution >= 4 is 0 Å². The lowest BCUT2D eigenvalue weighted by Crippen LogP contribution is -1.94. The van der Waals surface area contributed by atoms with Gasteiger partial charge in [0, 0.05) is 34.6 Å². The summed E-state index contributed by atoms with van der Waals surface area (Å²) < 4.78 is 6.82. The van der Waals surface area contributed by atoms with Crippen molar-refractivity contribution in [2.45, 2.75) is 0 Å². The minimum absolute atomic E-state index is 0.768. The third-order valence-corrected chi connectivity index (χ3v) is 6.27. The van der Waals surface area contributed by atoms with Gasteiger partial charge < -0.3 is 4.74 Å². The van der Waals surface area contributed by atoms with Crippen molar-refractivity contribution in [3.8, 4) is 56.3 Å². The number of benzene rings is 4. The van der Waals surface area contributed by atoms with Gasteiger partial charge in [-0.15, -0.1) is 0 Å². The molecular weight excluding hydrogens is 452 g/mol. The van der Waals surface area contributed by atoms with Crippen molar-refractivity contribution in [1.82, 2.24) is 9.97 Å². The molecule has 0 atom stereocenters. The molecule has 0 saturated heterocycles. The van der Waals surface area contributed by atoms with Gasteiger partial charge in [-0.1, -0.05) is 84.9 Å².